The highest BCUT2D eigenvalue weighted by molar-refractivity contribution is 5.72. The molecule has 0 spiro atoms. The number of nitrogens with one attached hydrogen (secondary N) is 1. The Hall–Kier alpha value is -1.62. The summed E-state index contributed by atoms with van der Waals surface area (Å²) in [6, 6.07) is 3.77. The molecular formula is C15H24N2O3. The first-order valence-electron chi connectivity index (χ1n) is 6.81. The predicted molar refractivity (Wildman–Crippen MR) is 77.6 cm³/mol. The molecule has 1 rings (SSSR count). The van der Waals surface area contributed by atoms with E-state index >= 15 is 0 Å². The Morgan fingerprint density at radius 2 is 2.10 bits per heavy atom. The molecule has 0 saturated heterocycles. The summed E-state index contributed by atoms with van der Waals surface area (Å²) in [6.07, 6.45) is 1.75. The molecule has 1 heterocycles. The molecule has 0 aliphatic carbocycles. The van der Waals surface area contributed by atoms with E-state index in [4.69, 9.17) is 9.47 Å². The van der Waals surface area contributed by atoms with Gasteiger partial charge in [0.25, 0.3) is 0 Å². The molecule has 5 nitrogen and oxygen atoms in total. The first-order chi connectivity index (χ1) is 9.28. The van der Waals surface area contributed by atoms with Gasteiger partial charge in [0.1, 0.15) is 5.60 Å². The fourth-order valence-corrected chi connectivity index (χ4v) is 1.56. The van der Waals surface area contributed by atoms with Crippen molar-refractivity contribution >= 4 is 5.97 Å². The summed E-state index contributed by atoms with van der Waals surface area (Å²) in [6.45, 7) is 10.1. The van der Waals surface area contributed by atoms with Crippen LogP contribution in [0.5, 0.6) is 5.88 Å². The largest absolute Gasteiger partial charge is 0.475 e. The van der Waals surface area contributed by atoms with Gasteiger partial charge in [0, 0.05) is 18.3 Å². The number of carbonyl (C=O) groups is 1. The molecule has 5 heteroatoms. The number of rotatable bonds is 6. The number of aromatic nitrogens is 1. The second-order valence-corrected chi connectivity index (χ2v) is 5.82. The minimum atomic E-state index is -0.459. The summed E-state index contributed by atoms with van der Waals surface area (Å²) >= 11 is 0. The Balaban J connectivity index is 2.48. The molecule has 20 heavy (non-hydrogen) atoms. The Morgan fingerprint density at radius 3 is 2.70 bits per heavy atom. The number of hydrogen-bond donors (Lipinski definition) is 1. The Bertz CT molecular complexity index is 439. The number of esters is 1. The first kappa shape index (κ1) is 16.4. The number of hydrogen-bond acceptors (Lipinski definition) is 5. The van der Waals surface area contributed by atoms with Gasteiger partial charge in [-0.3, -0.25) is 4.79 Å². The molecule has 0 aliphatic rings. The lowest BCUT2D eigenvalue weighted by molar-refractivity contribution is -0.153. The van der Waals surface area contributed by atoms with E-state index < -0.39 is 5.60 Å². The van der Waals surface area contributed by atoms with Gasteiger partial charge in [-0.05, 0) is 40.7 Å². The van der Waals surface area contributed by atoms with Crippen LogP contribution in [0.4, 0.5) is 0 Å². The fourth-order valence-electron chi connectivity index (χ4n) is 1.56. The lowest BCUT2D eigenvalue weighted by Crippen LogP contribution is -2.31. The quantitative estimate of drug-likeness (QED) is 0.810. The molecule has 0 atom stereocenters. The van der Waals surface area contributed by atoms with E-state index in [-0.39, 0.29) is 18.6 Å². The average Bonchev–Trinajstić information content (AvgIpc) is 2.28. The van der Waals surface area contributed by atoms with Crippen molar-refractivity contribution in [2.24, 2.45) is 0 Å². The van der Waals surface area contributed by atoms with Crippen LogP contribution in [-0.4, -0.2) is 29.2 Å². The molecule has 0 aromatic carbocycles. The molecule has 0 radical (unpaired) electrons. The van der Waals surface area contributed by atoms with Gasteiger partial charge in [-0.2, -0.15) is 0 Å². The molecule has 112 valence electrons. The minimum absolute atomic E-state index is 0.0644. The molecule has 0 amide bonds. The van der Waals surface area contributed by atoms with Gasteiger partial charge in [0.2, 0.25) is 5.88 Å². The van der Waals surface area contributed by atoms with Crippen LogP contribution in [0.25, 0.3) is 0 Å². The van der Waals surface area contributed by atoms with Crippen LogP contribution in [0.3, 0.4) is 0 Å². The fraction of sp³-hybridized carbons (Fsp3) is 0.600. The lowest BCUT2D eigenvalue weighted by atomic mass is 10.2. The van der Waals surface area contributed by atoms with Crippen molar-refractivity contribution in [2.45, 2.75) is 52.9 Å². The van der Waals surface area contributed by atoms with Crippen LogP contribution < -0.4 is 10.1 Å². The summed E-state index contributed by atoms with van der Waals surface area (Å²) in [5, 5.41) is 3.04. The van der Waals surface area contributed by atoms with Crippen molar-refractivity contribution in [1.82, 2.24) is 10.3 Å². The Kier molecular flexibility index (Phi) is 5.95. The molecule has 0 aliphatic heterocycles. The van der Waals surface area contributed by atoms with Gasteiger partial charge < -0.3 is 14.8 Å². The molecule has 1 N–H and O–H groups in total. The van der Waals surface area contributed by atoms with E-state index in [2.05, 4.69) is 10.3 Å². The van der Waals surface area contributed by atoms with Gasteiger partial charge in [0.15, 0.2) is 0 Å². The number of carbonyl (C=O) groups excluding carboxylic acids is 1. The molecule has 0 saturated carbocycles. The highest BCUT2D eigenvalue weighted by Crippen LogP contribution is 2.15. The van der Waals surface area contributed by atoms with Gasteiger partial charge in [0.05, 0.1) is 12.6 Å². The van der Waals surface area contributed by atoms with Crippen LogP contribution in [0, 0.1) is 0 Å². The normalized spacial score (nSPS) is 11.5. The van der Waals surface area contributed by atoms with Crippen LogP contribution in [0.15, 0.2) is 18.3 Å². The average molecular weight is 280 g/mol. The van der Waals surface area contributed by atoms with Gasteiger partial charge in [-0.25, -0.2) is 4.98 Å². The maximum atomic E-state index is 11.6. The maximum Gasteiger partial charge on any atom is 0.320 e. The molecular weight excluding hydrogens is 256 g/mol. The zero-order chi connectivity index (χ0) is 15.2. The lowest BCUT2D eigenvalue weighted by Gasteiger charge is -2.19. The topological polar surface area (TPSA) is 60.5 Å². The molecule has 1 aromatic rings. The van der Waals surface area contributed by atoms with Gasteiger partial charge in [-0.15, -0.1) is 0 Å². The molecule has 0 fully saturated rings. The third kappa shape index (κ3) is 6.52. The van der Waals surface area contributed by atoms with Crippen molar-refractivity contribution in [3.05, 3.63) is 23.9 Å². The second-order valence-electron chi connectivity index (χ2n) is 5.82. The van der Waals surface area contributed by atoms with Crippen molar-refractivity contribution < 1.29 is 14.3 Å². The van der Waals surface area contributed by atoms with E-state index in [0.717, 1.165) is 5.56 Å². The highest BCUT2D eigenvalue weighted by Gasteiger charge is 2.16. The maximum absolute atomic E-state index is 11.6. The summed E-state index contributed by atoms with van der Waals surface area (Å²) in [5.41, 5.74) is 0.462. The number of pyridine rings is 1. The third-order valence-corrected chi connectivity index (χ3v) is 2.20. The van der Waals surface area contributed by atoms with Gasteiger partial charge in [-0.1, -0.05) is 6.07 Å². The van der Waals surface area contributed by atoms with Crippen molar-refractivity contribution in [3.8, 4) is 5.88 Å². The van der Waals surface area contributed by atoms with Gasteiger partial charge >= 0.3 is 5.97 Å². The van der Waals surface area contributed by atoms with Crippen molar-refractivity contribution in [3.63, 3.8) is 0 Å². The van der Waals surface area contributed by atoms with E-state index in [1.807, 2.05) is 46.8 Å². The summed E-state index contributed by atoms with van der Waals surface area (Å²) in [4.78, 5) is 15.8. The zero-order valence-corrected chi connectivity index (χ0v) is 12.9. The number of nitrogens with zero attached hydrogens (tertiary/aromatic N) is 1. The first-order valence-corrected chi connectivity index (χ1v) is 6.81. The third-order valence-electron chi connectivity index (χ3n) is 2.20. The SMILES string of the molecule is CC(C)Oc1ncccc1CNCC(=O)OC(C)(C)C. The summed E-state index contributed by atoms with van der Waals surface area (Å²) in [7, 11) is 0. The Morgan fingerprint density at radius 1 is 1.40 bits per heavy atom. The predicted octanol–water partition coefficient (Wildman–Crippen LogP) is 2.30. The van der Waals surface area contributed by atoms with Crippen LogP contribution in [0.1, 0.15) is 40.2 Å². The van der Waals surface area contributed by atoms with Crippen LogP contribution >= 0.6 is 0 Å². The zero-order valence-electron chi connectivity index (χ0n) is 12.9. The van der Waals surface area contributed by atoms with E-state index in [0.29, 0.717) is 12.4 Å². The monoisotopic (exact) mass is 280 g/mol. The molecule has 0 bridgehead atoms. The molecule has 1 aromatic heterocycles. The Labute approximate surface area is 120 Å². The second kappa shape index (κ2) is 7.24. The van der Waals surface area contributed by atoms with E-state index in [1.165, 1.54) is 0 Å². The molecule has 0 unspecified atom stereocenters. The van der Waals surface area contributed by atoms with Crippen LogP contribution in [0.2, 0.25) is 0 Å². The smallest absolute Gasteiger partial charge is 0.320 e. The van der Waals surface area contributed by atoms with E-state index in [1.54, 1.807) is 6.20 Å². The van der Waals surface area contributed by atoms with Crippen molar-refractivity contribution in [1.29, 1.82) is 0 Å². The standard InChI is InChI=1S/C15H24N2O3/c1-11(2)19-14-12(7-6-8-17-14)9-16-10-13(18)20-15(3,4)5/h6-8,11,16H,9-10H2,1-5H3. The summed E-state index contributed by atoms with van der Waals surface area (Å²) in [5.74, 6) is 0.326. The van der Waals surface area contributed by atoms with Crippen molar-refractivity contribution in [2.75, 3.05) is 6.54 Å². The minimum Gasteiger partial charge on any atom is -0.475 e. The highest BCUT2D eigenvalue weighted by atomic mass is 16.6. The summed E-state index contributed by atoms with van der Waals surface area (Å²) < 4.78 is 10.8. The number of ether oxygens (including phenoxy) is 2. The van der Waals surface area contributed by atoms with E-state index in [9.17, 15) is 4.79 Å². The van der Waals surface area contributed by atoms with Crippen LogP contribution in [-0.2, 0) is 16.1 Å².